The highest BCUT2D eigenvalue weighted by atomic mass is 35.5. The average Bonchev–Trinajstić information content (AvgIpc) is 3.06. The number of hydrogen-bond acceptors (Lipinski definition) is 4. The van der Waals surface area contributed by atoms with Crippen molar-refractivity contribution in [2.75, 3.05) is 0 Å². The van der Waals surface area contributed by atoms with Gasteiger partial charge in [-0.2, -0.15) is 4.80 Å². The van der Waals surface area contributed by atoms with E-state index >= 15 is 0 Å². The van der Waals surface area contributed by atoms with Crippen LogP contribution in [-0.4, -0.2) is 26.1 Å². The molecule has 0 atom stereocenters. The van der Waals surface area contributed by atoms with Gasteiger partial charge in [-0.1, -0.05) is 59.6 Å². The van der Waals surface area contributed by atoms with Crippen LogP contribution in [0.2, 0.25) is 10.0 Å². The summed E-state index contributed by atoms with van der Waals surface area (Å²) in [6.07, 6.45) is 0. The molecule has 134 valence electrons. The summed E-state index contributed by atoms with van der Waals surface area (Å²) in [6, 6.07) is 14.7. The molecular weight excluding hydrogens is 373 g/mol. The Labute approximate surface area is 161 Å². The number of hydrogen-bond donors (Lipinski definition) is 1. The summed E-state index contributed by atoms with van der Waals surface area (Å²) in [5, 5.41) is 16.0. The molecule has 1 amide bonds. The molecule has 1 N–H and O–H groups in total. The number of carbonyl (C=O) groups excluding carboxylic acids is 1. The third-order valence-electron chi connectivity index (χ3n) is 3.86. The highest BCUT2D eigenvalue weighted by molar-refractivity contribution is 6.42. The van der Waals surface area contributed by atoms with Gasteiger partial charge in [0.2, 0.25) is 11.7 Å². The van der Waals surface area contributed by atoms with Crippen LogP contribution in [0.3, 0.4) is 0 Å². The minimum atomic E-state index is -0.631. The summed E-state index contributed by atoms with van der Waals surface area (Å²) in [5.74, 6) is 0.236. The van der Waals surface area contributed by atoms with Gasteiger partial charge >= 0.3 is 0 Å². The zero-order valence-corrected chi connectivity index (χ0v) is 15.8. The number of carbonyl (C=O) groups is 1. The number of aromatic nitrogens is 4. The van der Waals surface area contributed by atoms with E-state index in [1.807, 2.05) is 50.2 Å². The predicted molar refractivity (Wildman–Crippen MR) is 101 cm³/mol. The second-order valence-corrected chi connectivity index (χ2v) is 7.13. The van der Waals surface area contributed by atoms with Crippen LogP contribution in [-0.2, 0) is 16.9 Å². The Kier molecular flexibility index (Phi) is 5.25. The van der Waals surface area contributed by atoms with Crippen LogP contribution in [0.4, 0.5) is 0 Å². The van der Waals surface area contributed by atoms with E-state index in [1.54, 1.807) is 12.1 Å². The van der Waals surface area contributed by atoms with Gasteiger partial charge in [-0.15, -0.1) is 10.2 Å². The first-order valence-electron chi connectivity index (χ1n) is 7.95. The molecule has 0 bridgehead atoms. The highest BCUT2D eigenvalue weighted by Gasteiger charge is 2.24. The van der Waals surface area contributed by atoms with Crippen molar-refractivity contribution in [2.45, 2.75) is 25.9 Å². The fourth-order valence-corrected chi connectivity index (χ4v) is 2.78. The fraction of sp³-hybridized carbons (Fsp3) is 0.222. The minimum Gasteiger partial charge on any atom is -0.345 e. The number of amides is 1. The predicted octanol–water partition coefficient (Wildman–Crippen LogP) is 3.70. The Morgan fingerprint density at radius 3 is 2.54 bits per heavy atom. The molecule has 0 saturated heterocycles. The first kappa shape index (κ1) is 18.4. The summed E-state index contributed by atoms with van der Waals surface area (Å²) < 4.78 is 0. The van der Waals surface area contributed by atoms with E-state index in [0.717, 1.165) is 11.1 Å². The molecule has 8 heteroatoms. The van der Waals surface area contributed by atoms with Crippen LogP contribution in [0.15, 0.2) is 48.5 Å². The first-order chi connectivity index (χ1) is 12.3. The third-order valence-corrected chi connectivity index (χ3v) is 4.60. The van der Waals surface area contributed by atoms with Crippen molar-refractivity contribution in [1.82, 2.24) is 25.5 Å². The molecular formula is C18H17Cl2N5O. The van der Waals surface area contributed by atoms with Crippen molar-refractivity contribution in [3.05, 3.63) is 64.1 Å². The van der Waals surface area contributed by atoms with Crippen molar-refractivity contribution in [1.29, 1.82) is 0 Å². The molecule has 3 aromatic rings. The number of nitrogens with one attached hydrogen (secondary N) is 1. The van der Waals surface area contributed by atoms with Crippen LogP contribution < -0.4 is 5.32 Å². The lowest BCUT2D eigenvalue weighted by atomic mass is 9.94. The quantitative estimate of drug-likeness (QED) is 0.721. The number of tetrazole rings is 1. The number of rotatable bonds is 5. The Hall–Kier alpha value is -2.44. The average molecular weight is 390 g/mol. The lowest BCUT2D eigenvalue weighted by molar-refractivity contribution is -0.123. The standard InChI is InChI=1S/C18H17Cl2N5O/c1-18(2,13-8-9-14(19)15(20)10-13)21-16(26)11-25-23-17(22-24-25)12-6-4-3-5-7-12/h3-10H,11H2,1-2H3,(H,21,26). The van der Waals surface area contributed by atoms with Gasteiger partial charge in [0.1, 0.15) is 6.54 Å². The molecule has 0 unspecified atom stereocenters. The maximum absolute atomic E-state index is 12.4. The van der Waals surface area contributed by atoms with Crippen molar-refractivity contribution in [3.63, 3.8) is 0 Å². The summed E-state index contributed by atoms with van der Waals surface area (Å²) in [4.78, 5) is 13.7. The van der Waals surface area contributed by atoms with Crippen LogP contribution in [0.1, 0.15) is 19.4 Å². The maximum atomic E-state index is 12.4. The fourth-order valence-electron chi connectivity index (χ4n) is 2.49. The van der Waals surface area contributed by atoms with Gasteiger partial charge in [-0.3, -0.25) is 4.79 Å². The molecule has 2 aromatic carbocycles. The molecule has 1 aromatic heterocycles. The molecule has 0 aliphatic rings. The van der Waals surface area contributed by atoms with Crippen molar-refractivity contribution >= 4 is 29.1 Å². The zero-order chi connectivity index (χ0) is 18.7. The SMILES string of the molecule is CC(C)(NC(=O)Cn1nnc(-c2ccccc2)n1)c1ccc(Cl)c(Cl)c1. The molecule has 3 rings (SSSR count). The van der Waals surface area contributed by atoms with Crippen LogP contribution in [0, 0.1) is 0 Å². The smallest absolute Gasteiger partial charge is 0.244 e. The Balaban J connectivity index is 1.68. The first-order valence-corrected chi connectivity index (χ1v) is 8.70. The number of halogens is 2. The maximum Gasteiger partial charge on any atom is 0.244 e. The Bertz CT molecular complexity index is 924. The molecule has 6 nitrogen and oxygen atoms in total. The molecule has 0 radical (unpaired) electrons. The minimum absolute atomic E-state index is 0.0371. The molecule has 0 fully saturated rings. The largest absolute Gasteiger partial charge is 0.345 e. The van der Waals surface area contributed by atoms with E-state index < -0.39 is 5.54 Å². The highest BCUT2D eigenvalue weighted by Crippen LogP contribution is 2.28. The number of benzene rings is 2. The normalized spacial score (nSPS) is 11.4. The molecule has 1 heterocycles. The molecule has 0 aliphatic carbocycles. The van der Waals surface area contributed by atoms with Gasteiger partial charge in [0.25, 0.3) is 0 Å². The second kappa shape index (κ2) is 7.43. The van der Waals surface area contributed by atoms with E-state index in [2.05, 4.69) is 20.7 Å². The topological polar surface area (TPSA) is 72.7 Å². The monoisotopic (exact) mass is 389 g/mol. The van der Waals surface area contributed by atoms with E-state index in [4.69, 9.17) is 23.2 Å². The Morgan fingerprint density at radius 2 is 1.85 bits per heavy atom. The van der Waals surface area contributed by atoms with Crippen molar-refractivity contribution in [3.8, 4) is 11.4 Å². The molecule has 0 spiro atoms. The van der Waals surface area contributed by atoms with Gasteiger partial charge in [-0.25, -0.2) is 0 Å². The van der Waals surface area contributed by atoms with Gasteiger partial charge < -0.3 is 5.32 Å². The van der Waals surface area contributed by atoms with E-state index in [1.165, 1.54) is 4.80 Å². The van der Waals surface area contributed by atoms with Crippen LogP contribution in [0.25, 0.3) is 11.4 Å². The van der Waals surface area contributed by atoms with Crippen molar-refractivity contribution in [2.24, 2.45) is 0 Å². The third kappa shape index (κ3) is 4.20. The van der Waals surface area contributed by atoms with Gasteiger partial charge in [-0.05, 0) is 36.8 Å². The number of nitrogens with zero attached hydrogens (tertiary/aromatic N) is 4. The molecule has 26 heavy (non-hydrogen) atoms. The van der Waals surface area contributed by atoms with Crippen molar-refractivity contribution < 1.29 is 4.79 Å². The van der Waals surface area contributed by atoms with Gasteiger partial charge in [0.15, 0.2) is 0 Å². The lowest BCUT2D eigenvalue weighted by Crippen LogP contribution is -2.42. The summed E-state index contributed by atoms with van der Waals surface area (Å²) in [6.45, 7) is 3.73. The van der Waals surface area contributed by atoms with Gasteiger partial charge in [0.05, 0.1) is 15.6 Å². The summed E-state index contributed by atoms with van der Waals surface area (Å²) in [5.41, 5.74) is 1.06. The zero-order valence-electron chi connectivity index (χ0n) is 14.3. The van der Waals surface area contributed by atoms with Gasteiger partial charge in [0, 0.05) is 5.56 Å². The van der Waals surface area contributed by atoms with Crippen LogP contribution in [0.5, 0.6) is 0 Å². The molecule has 0 saturated carbocycles. The molecule has 0 aliphatic heterocycles. The van der Waals surface area contributed by atoms with E-state index in [-0.39, 0.29) is 12.5 Å². The summed E-state index contributed by atoms with van der Waals surface area (Å²) >= 11 is 12.0. The Morgan fingerprint density at radius 1 is 1.12 bits per heavy atom. The van der Waals surface area contributed by atoms with E-state index in [9.17, 15) is 4.79 Å². The summed E-state index contributed by atoms with van der Waals surface area (Å²) in [7, 11) is 0. The second-order valence-electron chi connectivity index (χ2n) is 6.31. The van der Waals surface area contributed by atoms with Crippen LogP contribution >= 0.6 is 23.2 Å². The van der Waals surface area contributed by atoms with E-state index in [0.29, 0.717) is 15.9 Å². The lowest BCUT2D eigenvalue weighted by Gasteiger charge is -2.27.